The molecule has 0 fully saturated rings. The molecule has 0 aliphatic carbocycles. The van der Waals surface area contributed by atoms with E-state index in [1.807, 2.05) is 6.08 Å². The van der Waals surface area contributed by atoms with Gasteiger partial charge in [0.15, 0.2) is 6.10 Å². The Morgan fingerprint density at radius 3 is 0.815 bits per heavy atom. The lowest BCUT2D eigenvalue weighted by Gasteiger charge is -2.18. The van der Waals surface area contributed by atoms with Crippen molar-refractivity contribution in [1.82, 2.24) is 0 Å². The van der Waals surface area contributed by atoms with Gasteiger partial charge in [-0.05, 0) is 122 Å². The van der Waals surface area contributed by atoms with E-state index in [1.165, 1.54) is 141 Å². The van der Waals surface area contributed by atoms with E-state index in [1.54, 1.807) is 0 Å². The van der Waals surface area contributed by atoms with Crippen LogP contribution in [0.25, 0.3) is 0 Å². The summed E-state index contributed by atoms with van der Waals surface area (Å²) in [6.45, 7) is 6.35. The van der Waals surface area contributed by atoms with Gasteiger partial charge in [-0.2, -0.15) is 0 Å². The SMILES string of the molecule is CC/C=C\C/C=C\C/C=C\C/C=C\C/C=C\C/C=C\CCC(=O)OC(COC(=O)CCCCCC/C=C\C/C=C\C/C=C\C/C=C\CC)COC(=O)CCCCCCCCCCCCCCCCC/C=C\CCCCCCCCCC. The molecule has 81 heavy (non-hydrogen) atoms. The van der Waals surface area contributed by atoms with Gasteiger partial charge in [-0.3, -0.25) is 14.4 Å². The molecule has 1 unspecified atom stereocenters. The Hall–Kier alpha value is -4.45. The van der Waals surface area contributed by atoms with Gasteiger partial charge < -0.3 is 14.2 Å². The zero-order chi connectivity index (χ0) is 58.5. The van der Waals surface area contributed by atoms with E-state index in [-0.39, 0.29) is 31.6 Å². The Morgan fingerprint density at radius 2 is 0.506 bits per heavy atom. The largest absolute Gasteiger partial charge is 0.462 e. The van der Waals surface area contributed by atoms with Crippen LogP contribution in [0.15, 0.2) is 134 Å². The molecule has 0 heterocycles. The number of ether oxygens (including phenoxy) is 3. The zero-order valence-corrected chi connectivity index (χ0v) is 52.8. The highest BCUT2D eigenvalue weighted by atomic mass is 16.6. The number of hydrogen-bond donors (Lipinski definition) is 0. The summed E-state index contributed by atoms with van der Waals surface area (Å²) >= 11 is 0. The molecule has 6 nitrogen and oxygen atoms in total. The molecule has 0 aliphatic rings. The molecular weight excluding hydrogens is 997 g/mol. The Balaban J connectivity index is 4.43. The highest BCUT2D eigenvalue weighted by Crippen LogP contribution is 2.16. The fraction of sp³-hybridized carbons (Fsp3) is 0.667. The van der Waals surface area contributed by atoms with E-state index in [0.717, 1.165) is 116 Å². The van der Waals surface area contributed by atoms with E-state index < -0.39 is 12.1 Å². The van der Waals surface area contributed by atoms with Crippen molar-refractivity contribution in [1.29, 1.82) is 0 Å². The van der Waals surface area contributed by atoms with Gasteiger partial charge in [0.1, 0.15) is 13.2 Å². The van der Waals surface area contributed by atoms with Gasteiger partial charge in [0.2, 0.25) is 0 Å². The maximum absolute atomic E-state index is 12.9. The average Bonchev–Trinajstić information content (AvgIpc) is 3.47. The Labute approximate surface area is 500 Å². The minimum atomic E-state index is -0.835. The van der Waals surface area contributed by atoms with Gasteiger partial charge in [0, 0.05) is 19.3 Å². The topological polar surface area (TPSA) is 78.9 Å². The molecule has 0 aliphatic heterocycles. The van der Waals surface area contributed by atoms with Crippen LogP contribution in [-0.2, 0) is 28.6 Å². The number of carbonyl (C=O) groups is 3. The summed E-state index contributed by atoms with van der Waals surface area (Å²) < 4.78 is 16.9. The van der Waals surface area contributed by atoms with Gasteiger partial charge in [-0.15, -0.1) is 0 Å². The minimum absolute atomic E-state index is 0.119. The van der Waals surface area contributed by atoms with Crippen molar-refractivity contribution in [3.63, 3.8) is 0 Å². The molecule has 0 amide bonds. The summed E-state index contributed by atoms with van der Waals surface area (Å²) in [6.07, 6.45) is 96.3. The van der Waals surface area contributed by atoms with Crippen molar-refractivity contribution in [2.24, 2.45) is 0 Å². The van der Waals surface area contributed by atoms with Crippen LogP contribution in [0.2, 0.25) is 0 Å². The van der Waals surface area contributed by atoms with Crippen LogP contribution in [0, 0.1) is 0 Å². The van der Waals surface area contributed by atoms with Crippen molar-refractivity contribution < 1.29 is 28.6 Å². The monoisotopic (exact) mass is 1120 g/mol. The van der Waals surface area contributed by atoms with E-state index in [2.05, 4.69) is 148 Å². The standard InChI is InChI=1S/C75H124O6/c1-4-7-10-13-16-19-22-25-28-31-33-34-35-36-37-38-39-40-42-44-47-50-53-56-59-62-65-68-74(77)80-71-72(70-79-73(76)67-64-61-58-55-52-49-46-43-30-27-24-21-18-15-12-9-6-3)81-75(78)69-66-63-60-57-54-51-48-45-41-32-29-26-23-20-17-14-11-8-5-2/h8-9,11-12,17-18,20-21,26-27,29-31,33,41,45-46,49,51,54,60,63,72H,4-7,10,13-16,19,22-25,28,32,34-40,42-44,47-48,50,52-53,55-59,61-62,64-71H2,1-3H3/b11-8-,12-9-,20-17-,21-18-,29-26-,30-27-,33-31-,45-41-,49-46-,54-51-,63-60-. The summed E-state index contributed by atoms with van der Waals surface area (Å²) in [5.41, 5.74) is 0. The quantitative estimate of drug-likeness (QED) is 0.0261. The molecular formula is C75H124O6. The highest BCUT2D eigenvalue weighted by molar-refractivity contribution is 5.71. The second-order valence-corrected chi connectivity index (χ2v) is 22.0. The van der Waals surface area contributed by atoms with Gasteiger partial charge in [-0.1, -0.05) is 296 Å². The maximum Gasteiger partial charge on any atom is 0.306 e. The van der Waals surface area contributed by atoms with E-state index in [0.29, 0.717) is 19.3 Å². The first kappa shape index (κ1) is 76.5. The summed E-state index contributed by atoms with van der Waals surface area (Å²) in [4.78, 5) is 38.3. The van der Waals surface area contributed by atoms with Crippen LogP contribution in [0.1, 0.15) is 303 Å². The van der Waals surface area contributed by atoms with Crippen LogP contribution in [0.4, 0.5) is 0 Å². The van der Waals surface area contributed by atoms with Gasteiger partial charge in [0.05, 0.1) is 0 Å². The molecule has 1 atom stereocenters. The lowest BCUT2D eigenvalue weighted by atomic mass is 10.0. The third-order valence-corrected chi connectivity index (χ3v) is 14.1. The molecule has 0 bridgehead atoms. The van der Waals surface area contributed by atoms with Crippen LogP contribution in [0.5, 0.6) is 0 Å². The second kappa shape index (κ2) is 68.1. The molecule has 0 saturated carbocycles. The van der Waals surface area contributed by atoms with Crippen molar-refractivity contribution in [3.8, 4) is 0 Å². The van der Waals surface area contributed by atoms with Gasteiger partial charge >= 0.3 is 17.9 Å². The molecule has 0 saturated heterocycles. The van der Waals surface area contributed by atoms with Gasteiger partial charge in [-0.25, -0.2) is 0 Å². The fourth-order valence-corrected chi connectivity index (χ4v) is 9.16. The minimum Gasteiger partial charge on any atom is -0.462 e. The lowest BCUT2D eigenvalue weighted by Crippen LogP contribution is -2.30. The fourth-order valence-electron chi connectivity index (χ4n) is 9.16. The first-order valence-electron chi connectivity index (χ1n) is 33.7. The molecule has 0 aromatic carbocycles. The molecule has 6 heteroatoms. The highest BCUT2D eigenvalue weighted by Gasteiger charge is 2.19. The first-order chi connectivity index (χ1) is 40.0. The third kappa shape index (κ3) is 66.2. The number of esters is 3. The molecule has 0 N–H and O–H groups in total. The van der Waals surface area contributed by atoms with Gasteiger partial charge in [0.25, 0.3) is 0 Å². The molecule has 0 rings (SSSR count). The summed E-state index contributed by atoms with van der Waals surface area (Å²) in [5, 5.41) is 0. The van der Waals surface area contributed by atoms with Crippen molar-refractivity contribution in [2.45, 2.75) is 309 Å². The second-order valence-electron chi connectivity index (χ2n) is 22.0. The number of unbranched alkanes of at least 4 members (excludes halogenated alkanes) is 27. The molecule has 460 valence electrons. The van der Waals surface area contributed by atoms with Crippen LogP contribution in [-0.4, -0.2) is 37.2 Å². The number of rotatable bonds is 60. The average molecular weight is 1120 g/mol. The zero-order valence-electron chi connectivity index (χ0n) is 52.8. The lowest BCUT2D eigenvalue weighted by molar-refractivity contribution is -0.166. The van der Waals surface area contributed by atoms with E-state index >= 15 is 0 Å². The van der Waals surface area contributed by atoms with Crippen LogP contribution in [0.3, 0.4) is 0 Å². The Morgan fingerprint density at radius 1 is 0.259 bits per heavy atom. The van der Waals surface area contributed by atoms with Crippen molar-refractivity contribution in [2.75, 3.05) is 13.2 Å². The Kier molecular flexibility index (Phi) is 64.3. The molecule has 0 aromatic heterocycles. The molecule has 0 aromatic rings. The summed E-state index contributed by atoms with van der Waals surface area (Å²) in [7, 11) is 0. The third-order valence-electron chi connectivity index (χ3n) is 14.1. The van der Waals surface area contributed by atoms with Crippen LogP contribution >= 0.6 is 0 Å². The Bertz CT molecular complexity index is 1720. The van der Waals surface area contributed by atoms with E-state index in [9.17, 15) is 14.4 Å². The van der Waals surface area contributed by atoms with Crippen LogP contribution < -0.4 is 0 Å². The predicted molar refractivity (Wildman–Crippen MR) is 353 cm³/mol. The summed E-state index contributed by atoms with van der Waals surface area (Å²) in [6, 6.07) is 0. The van der Waals surface area contributed by atoms with Crippen molar-refractivity contribution >= 4 is 17.9 Å². The smallest absolute Gasteiger partial charge is 0.306 e. The number of hydrogen-bond acceptors (Lipinski definition) is 6. The first-order valence-corrected chi connectivity index (χ1v) is 33.7. The predicted octanol–water partition coefficient (Wildman–Crippen LogP) is 23.3. The normalized spacial score (nSPS) is 13.0. The maximum atomic E-state index is 12.9. The molecule has 0 radical (unpaired) electrons. The number of carbonyl (C=O) groups excluding carboxylic acids is 3. The van der Waals surface area contributed by atoms with Crippen molar-refractivity contribution in [3.05, 3.63) is 134 Å². The summed E-state index contributed by atoms with van der Waals surface area (Å²) in [5.74, 6) is -1.02. The number of allylic oxidation sites excluding steroid dienone is 22. The molecule has 0 spiro atoms. The van der Waals surface area contributed by atoms with E-state index in [4.69, 9.17) is 14.2 Å².